The van der Waals surface area contributed by atoms with Crippen molar-refractivity contribution < 1.29 is 9.59 Å². The van der Waals surface area contributed by atoms with Crippen LogP contribution in [0.15, 0.2) is 18.2 Å². The van der Waals surface area contributed by atoms with Gasteiger partial charge in [0.05, 0.1) is 12.5 Å². The Morgan fingerprint density at radius 1 is 1.37 bits per heavy atom. The fourth-order valence-electron chi connectivity index (χ4n) is 2.90. The Morgan fingerprint density at radius 3 is 2.95 bits per heavy atom. The van der Waals surface area contributed by atoms with Crippen molar-refractivity contribution in [3.63, 3.8) is 0 Å². The zero-order valence-electron chi connectivity index (χ0n) is 11.1. The number of carbonyl (C=O) groups excluding carboxylic acids is 2. The van der Waals surface area contributed by atoms with Crippen LogP contribution in [0, 0.1) is 0 Å². The van der Waals surface area contributed by atoms with Gasteiger partial charge in [-0.15, -0.1) is 0 Å². The number of carbonyl (C=O) groups is 2. The third kappa shape index (κ3) is 2.16. The van der Waals surface area contributed by atoms with Crippen molar-refractivity contribution in [2.75, 3.05) is 18.5 Å². The monoisotopic (exact) mass is 258 g/mol. The van der Waals surface area contributed by atoms with E-state index in [2.05, 4.69) is 5.32 Å². The summed E-state index contributed by atoms with van der Waals surface area (Å²) >= 11 is 0. The molecule has 1 amide bonds. The van der Waals surface area contributed by atoms with Gasteiger partial charge in [-0.1, -0.05) is 6.42 Å². The van der Waals surface area contributed by atoms with Gasteiger partial charge >= 0.3 is 0 Å². The summed E-state index contributed by atoms with van der Waals surface area (Å²) < 4.78 is 0. The Kier molecular flexibility index (Phi) is 3.11. The number of piperidine rings is 1. The van der Waals surface area contributed by atoms with E-state index in [9.17, 15) is 9.59 Å². The van der Waals surface area contributed by atoms with E-state index in [0.717, 1.165) is 42.6 Å². The van der Waals surface area contributed by atoms with Gasteiger partial charge in [0.1, 0.15) is 0 Å². The fraction of sp³-hybridized carbons (Fsp3) is 0.467. The highest BCUT2D eigenvalue weighted by molar-refractivity contribution is 6.04. The Hall–Kier alpha value is -1.68. The van der Waals surface area contributed by atoms with E-state index in [1.165, 1.54) is 0 Å². The molecule has 3 rings (SSSR count). The first kappa shape index (κ1) is 12.4. The van der Waals surface area contributed by atoms with Gasteiger partial charge in [0.15, 0.2) is 5.78 Å². The van der Waals surface area contributed by atoms with E-state index in [-0.39, 0.29) is 17.7 Å². The molecular weight excluding hydrogens is 240 g/mol. The van der Waals surface area contributed by atoms with Crippen LogP contribution in [0.5, 0.6) is 0 Å². The van der Waals surface area contributed by atoms with Crippen molar-refractivity contribution >= 4 is 17.4 Å². The summed E-state index contributed by atoms with van der Waals surface area (Å²) in [5.74, 6) is 0.250. The van der Waals surface area contributed by atoms with Crippen LogP contribution in [0.2, 0.25) is 0 Å². The second kappa shape index (κ2) is 4.78. The minimum absolute atomic E-state index is 0.0540. The maximum atomic E-state index is 12.4. The molecule has 0 radical (unpaired) electrons. The van der Waals surface area contributed by atoms with Crippen molar-refractivity contribution in [2.24, 2.45) is 0 Å². The molecule has 1 atom stereocenters. The summed E-state index contributed by atoms with van der Waals surface area (Å²) in [6, 6.07) is 5.56. The molecule has 2 aliphatic rings. The smallest absolute Gasteiger partial charge is 0.231 e. The van der Waals surface area contributed by atoms with Crippen LogP contribution in [-0.2, 0) is 11.2 Å². The highest BCUT2D eigenvalue weighted by Crippen LogP contribution is 2.29. The summed E-state index contributed by atoms with van der Waals surface area (Å²) in [5.41, 5.74) is 2.62. The van der Waals surface area contributed by atoms with Crippen LogP contribution >= 0.6 is 0 Å². The molecule has 1 N–H and O–H groups in total. The van der Waals surface area contributed by atoms with Crippen LogP contribution < -0.4 is 10.2 Å². The van der Waals surface area contributed by atoms with Gasteiger partial charge in [0, 0.05) is 18.3 Å². The van der Waals surface area contributed by atoms with Gasteiger partial charge in [0.25, 0.3) is 0 Å². The number of rotatable bonds is 2. The number of hydrogen-bond acceptors (Lipinski definition) is 3. The van der Waals surface area contributed by atoms with Gasteiger partial charge < -0.3 is 10.2 Å². The van der Waals surface area contributed by atoms with Crippen molar-refractivity contribution in [1.29, 1.82) is 0 Å². The second-order valence-electron chi connectivity index (χ2n) is 5.34. The number of benzene rings is 1. The minimum Gasteiger partial charge on any atom is -0.315 e. The highest BCUT2D eigenvalue weighted by Gasteiger charge is 2.27. The van der Waals surface area contributed by atoms with Gasteiger partial charge in [-0.25, -0.2) is 0 Å². The summed E-state index contributed by atoms with van der Waals surface area (Å²) in [5, 5.41) is 3.28. The average Bonchev–Trinajstić information content (AvgIpc) is 2.74. The van der Waals surface area contributed by atoms with E-state index >= 15 is 0 Å². The van der Waals surface area contributed by atoms with Gasteiger partial charge in [-0.05, 0) is 43.1 Å². The van der Waals surface area contributed by atoms with Crippen LogP contribution in [-0.4, -0.2) is 31.3 Å². The number of nitrogens with zero attached hydrogens (tertiary/aromatic N) is 1. The molecule has 0 aromatic heterocycles. The minimum atomic E-state index is -0.0540. The molecule has 0 saturated carbocycles. The molecule has 1 aromatic carbocycles. The number of anilines is 1. The number of ketones is 1. The lowest BCUT2D eigenvalue weighted by Gasteiger charge is -2.22. The number of hydrogen-bond donors (Lipinski definition) is 1. The third-order valence-electron chi connectivity index (χ3n) is 4.07. The molecule has 0 aliphatic carbocycles. The first-order chi connectivity index (χ1) is 9.16. The number of likely N-dealkylation sites (N-methyl/N-ethyl adjacent to an activating group) is 1. The van der Waals surface area contributed by atoms with Crippen LogP contribution in [0.25, 0.3) is 0 Å². The molecule has 19 heavy (non-hydrogen) atoms. The highest BCUT2D eigenvalue weighted by atomic mass is 16.2. The molecule has 4 nitrogen and oxygen atoms in total. The van der Waals surface area contributed by atoms with Crippen molar-refractivity contribution in [1.82, 2.24) is 5.32 Å². The molecule has 2 heterocycles. The van der Waals surface area contributed by atoms with E-state index in [1.807, 2.05) is 18.2 Å². The fourth-order valence-corrected chi connectivity index (χ4v) is 2.90. The van der Waals surface area contributed by atoms with Crippen molar-refractivity contribution in [3.05, 3.63) is 29.3 Å². The number of Topliss-reactive ketones (excluding diaryl/α,β-unsaturated/α-hetero) is 1. The van der Waals surface area contributed by atoms with Crippen molar-refractivity contribution in [2.45, 2.75) is 31.7 Å². The topological polar surface area (TPSA) is 49.4 Å². The Balaban J connectivity index is 1.85. The molecular formula is C15H18N2O2. The SMILES string of the molecule is CN1C(=O)Cc2cc(C(=O)C3CCCCN3)ccc21. The summed E-state index contributed by atoms with van der Waals surface area (Å²) in [6.07, 6.45) is 3.57. The average molecular weight is 258 g/mol. The molecule has 1 saturated heterocycles. The normalized spacial score (nSPS) is 22.5. The largest absolute Gasteiger partial charge is 0.315 e. The van der Waals surface area contributed by atoms with Gasteiger partial charge in [-0.2, -0.15) is 0 Å². The van der Waals surface area contributed by atoms with Crippen LogP contribution in [0.1, 0.15) is 35.2 Å². The molecule has 1 aromatic rings. The maximum absolute atomic E-state index is 12.4. The molecule has 2 aliphatic heterocycles. The summed E-state index contributed by atoms with van der Waals surface area (Å²) in [7, 11) is 1.78. The van der Waals surface area contributed by atoms with E-state index in [4.69, 9.17) is 0 Å². The maximum Gasteiger partial charge on any atom is 0.231 e. The van der Waals surface area contributed by atoms with Crippen LogP contribution in [0.4, 0.5) is 5.69 Å². The Morgan fingerprint density at radius 2 is 2.21 bits per heavy atom. The number of fused-ring (bicyclic) bond motifs is 1. The zero-order chi connectivity index (χ0) is 13.4. The van der Waals surface area contributed by atoms with E-state index in [0.29, 0.717) is 6.42 Å². The lowest BCUT2D eigenvalue weighted by atomic mass is 9.95. The van der Waals surface area contributed by atoms with Crippen LogP contribution in [0.3, 0.4) is 0 Å². The van der Waals surface area contributed by atoms with Gasteiger partial charge in [-0.3, -0.25) is 9.59 Å². The Labute approximate surface area is 112 Å². The third-order valence-corrected chi connectivity index (χ3v) is 4.07. The lowest BCUT2D eigenvalue weighted by molar-refractivity contribution is -0.117. The standard InChI is InChI=1S/C15H18N2O2/c1-17-13-6-5-10(8-11(13)9-14(17)18)15(19)12-4-2-3-7-16-12/h5-6,8,12,16H,2-4,7,9H2,1H3. The summed E-state index contributed by atoms with van der Waals surface area (Å²) in [4.78, 5) is 25.7. The Bertz CT molecular complexity index is 533. The van der Waals surface area contributed by atoms with E-state index in [1.54, 1.807) is 11.9 Å². The van der Waals surface area contributed by atoms with E-state index < -0.39 is 0 Å². The predicted octanol–water partition coefficient (Wildman–Crippen LogP) is 1.53. The molecule has 1 fully saturated rings. The van der Waals surface area contributed by atoms with Crippen molar-refractivity contribution in [3.8, 4) is 0 Å². The summed E-state index contributed by atoms with van der Waals surface area (Å²) in [6.45, 7) is 0.919. The zero-order valence-corrected chi connectivity index (χ0v) is 11.1. The second-order valence-corrected chi connectivity index (χ2v) is 5.34. The number of nitrogens with one attached hydrogen (secondary N) is 1. The molecule has 1 unspecified atom stereocenters. The number of amides is 1. The molecule has 100 valence electrons. The predicted molar refractivity (Wildman–Crippen MR) is 73.5 cm³/mol. The first-order valence-electron chi connectivity index (χ1n) is 6.84. The molecule has 4 heteroatoms. The first-order valence-corrected chi connectivity index (χ1v) is 6.84. The molecule has 0 bridgehead atoms. The lowest BCUT2D eigenvalue weighted by Crippen LogP contribution is -2.40. The quantitative estimate of drug-likeness (QED) is 0.818. The van der Waals surface area contributed by atoms with Gasteiger partial charge in [0.2, 0.25) is 5.91 Å². The molecule has 0 spiro atoms.